The molecule has 0 saturated carbocycles. The van der Waals surface area contributed by atoms with Gasteiger partial charge in [0.1, 0.15) is 6.23 Å². The number of alkyl halides is 1. The van der Waals surface area contributed by atoms with Gasteiger partial charge in [-0.15, -0.1) is 12.4 Å². The molecule has 0 aromatic carbocycles. The minimum absolute atomic E-state index is 0. The van der Waals surface area contributed by atoms with E-state index in [0.717, 1.165) is 0 Å². The highest BCUT2D eigenvalue weighted by Gasteiger charge is 2.07. The van der Waals surface area contributed by atoms with E-state index in [4.69, 9.17) is 21.8 Å². The van der Waals surface area contributed by atoms with Crippen LogP contribution in [0.15, 0.2) is 0 Å². The topological polar surface area (TPSA) is 52.5 Å². The van der Waals surface area contributed by atoms with Crippen molar-refractivity contribution in [3.63, 3.8) is 0 Å². The molecule has 0 fully saturated rings. The van der Waals surface area contributed by atoms with E-state index in [1.807, 2.05) is 0 Å². The Bertz CT molecular complexity index is 52.5. The minimum Gasteiger partial charge on any atom is -0.375 e. The van der Waals surface area contributed by atoms with Crippen molar-refractivity contribution >= 4 is 24.0 Å². The smallest absolute Gasteiger partial charge is 0.167 e. The summed E-state index contributed by atoms with van der Waals surface area (Å²) in [6, 6.07) is 0. The molecule has 0 amide bonds. The van der Waals surface area contributed by atoms with Crippen LogP contribution in [-0.2, 0) is 0 Å². The summed E-state index contributed by atoms with van der Waals surface area (Å²) in [4.78, 5) is 0. The highest BCUT2D eigenvalue weighted by atomic mass is 35.5. The minimum atomic E-state index is -1.22. The maximum Gasteiger partial charge on any atom is 0.167 e. The third-order valence-corrected chi connectivity index (χ3v) is 0.795. The molecule has 3 N–H and O–H groups in total. The zero-order valence-electron chi connectivity index (χ0n) is 4.34. The molecule has 0 aromatic heterocycles. The van der Waals surface area contributed by atoms with E-state index in [1.165, 1.54) is 7.05 Å². The van der Waals surface area contributed by atoms with Gasteiger partial charge >= 0.3 is 0 Å². The molecular formula is C3H9Cl2NO2. The fraction of sp³-hybridized carbons (Fsp3) is 1.00. The summed E-state index contributed by atoms with van der Waals surface area (Å²) in [6.45, 7) is 0. The molecule has 0 aliphatic heterocycles. The first-order chi connectivity index (χ1) is 3.18. The van der Waals surface area contributed by atoms with Crippen molar-refractivity contribution in [3.05, 3.63) is 0 Å². The molecule has 0 rings (SSSR count). The Morgan fingerprint density at radius 2 is 1.88 bits per heavy atom. The molecule has 0 aliphatic rings. The molecule has 5 heteroatoms. The molecule has 52 valence electrons. The number of nitrogens with one attached hydrogen (secondary N) is 1. The van der Waals surface area contributed by atoms with Crippen molar-refractivity contribution in [3.8, 4) is 0 Å². The Morgan fingerprint density at radius 1 is 1.50 bits per heavy atom. The lowest BCUT2D eigenvalue weighted by molar-refractivity contribution is 0.0498. The van der Waals surface area contributed by atoms with E-state index >= 15 is 0 Å². The summed E-state index contributed by atoms with van der Waals surface area (Å²) < 4.78 is 0. The van der Waals surface area contributed by atoms with Gasteiger partial charge < -0.3 is 10.2 Å². The maximum atomic E-state index is 8.44. The number of halogens is 2. The molecule has 8 heavy (non-hydrogen) atoms. The molecule has 0 saturated heterocycles. The van der Waals surface area contributed by atoms with Gasteiger partial charge in [0.25, 0.3) is 0 Å². The first-order valence-electron chi connectivity index (χ1n) is 1.86. The first-order valence-corrected chi connectivity index (χ1v) is 2.29. The SMILES string of the molecule is CNC(O)C(O)Cl.Cl. The Morgan fingerprint density at radius 3 is 1.88 bits per heavy atom. The first kappa shape index (κ1) is 11.3. The second kappa shape index (κ2) is 5.59. The average molecular weight is 162 g/mol. The highest BCUT2D eigenvalue weighted by Crippen LogP contribution is 1.91. The standard InChI is InChI=1S/C3H8ClNO2.ClH/c1-5-3(7)2(4)6;/h2-3,5-7H,1H3;1H. The largest absolute Gasteiger partial charge is 0.375 e. The van der Waals surface area contributed by atoms with Gasteiger partial charge in [-0.25, -0.2) is 0 Å². The summed E-state index contributed by atoms with van der Waals surface area (Å²) >= 11 is 4.97. The zero-order valence-corrected chi connectivity index (χ0v) is 5.91. The molecule has 2 unspecified atom stereocenters. The summed E-state index contributed by atoms with van der Waals surface area (Å²) in [6.07, 6.45) is -1.03. The number of rotatable bonds is 2. The van der Waals surface area contributed by atoms with Crippen LogP contribution in [-0.4, -0.2) is 29.1 Å². The lowest BCUT2D eigenvalue weighted by Gasteiger charge is -2.08. The third-order valence-electron chi connectivity index (χ3n) is 0.556. The van der Waals surface area contributed by atoms with Gasteiger partial charge in [0.15, 0.2) is 5.56 Å². The van der Waals surface area contributed by atoms with Gasteiger partial charge in [-0.05, 0) is 7.05 Å². The van der Waals surface area contributed by atoms with Crippen LogP contribution < -0.4 is 5.32 Å². The molecule has 2 atom stereocenters. The van der Waals surface area contributed by atoms with Crippen molar-refractivity contribution < 1.29 is 10.2 Å². The van der Waals surface area contributed by atoms with Gasteiger partial charge in [0.05, 0.1) is 0 Å². The predicted octanol–water partition coefficient (Wildman–Crippen LogP) is -0.497. The molecule has 0 aliphatic carbocycles. The van der Waals surface area contributed by atoms with Crippen molar-refractivity contribution in [1.29, 1.82) is 0 Å². The van der Waals surface area contributed by atoms with E-state index in [-0.39, 0.29) is 12.4 Å². The van der Waals surface area contributed by atoms with Crippen LogP contribution in [0, 0.1) is 0 Å². The molecule has 0 heterocycles. The average Bonchev–Trinajstić information content (AvgIpc) is 1.65. The van der Waals surface area contributed by atoms with Gasteiger partial charge in [-0.1, -0.05) is 11.6 Å². The molecular weight excluding hydrogens is 153 g/mol. The maximum absolute atomic E-state index is 8.44. The van der Waals surface area contributed by atoms with Gasteiger partial charge in [-0.2, -0.15) is 0 Å². The van der Waals surface area contributed by atoms with Crippen LogP contribution in [0.3, 0.4) is 0 Å². The third kappa shape index (κ3) is 4.61. The van der Waals surface area contributed by atoms with Crippen molar-refractivity contribution in [2.45, 2.75) is 11.8 Å². The second-order valence-corrected chi connectivity index (χ2v) is 1.55. The quantitative estimate of drug-likeness (QED) is 0.379. The van der Waals surface area contributed by atoms with E-state index < -0.39 is 11.8 Å². The monoisotopic (exact) mass is 161 g/mol. The van der Waals surface area contributed by atoms with Gasteiger partial charge in [0, 0.05) is 0 Å². The van der Waals surface area contributed by atoms with Crippen LogP contribution >= 0.6 is 24.0 Å². The fourth-order valence-electron chi connectivity index (χ4n) is 0.138. The Kier molecular flexibility index (Phi) is 7.89. The second-order valence-electron chi connectivity index (χ2n) is 1.11. The van der Waals surface area contributed by atoms with Crippen LogP contribution in [0.5, 0.6) is 0 Å². The highest BCUT2D eigenvalue weighted by molar-refractivity contribution is 6.19. The van der Waals surface area contributed by atoms with Crippen LogP contribution in [0.2, 0.25) is 0 Å². The Balaban J connectivity index is 0. The Labute approximate surface area is 59.1 Å². The summed E-state index contributed by atoms with van der Waals surface area (Å²) in [7, 11) is 1.50. The molecule has 3 nitrogen and oxygen atoms in total. The van der Waals surface area contributed by atoms with Crippen LogP contribution in [0.4, 0.5) is 0 Å². The van der Waals surface area contributed by atoms with Crippen molar-refractivity contribution in [1.82, 2.24) is 5.32 Å². The van der Waals surface area contributed by atoms with Crippen LogP contribution in [0.25, 0.3) is 0 Å². The lowest BCUT2D eigenvalue weighted by Crippen LogP contribution is -2.33. The number of hydrogen-bond donors (Lipinski definition) is 3. The van der Waals surface area contributed by atoms with E-state index in [9.17, 15) is 0 Å². The summed E-state index contributed by atoms with van der Waals surface area (Å²) in [5.41, 5.74) is -1.22. The van der Waals surface area contributed by atoms with Gasteiger partial charge in [-0.3, -0.25) is 5.32 Å². The number of aliphatic hydroxyl groups is 2. The van der Waals surface area contributed by atoms with E-state index in [2.05, 4.69) is 5.32 Å². The fourth-order valence-corrected chi connectivity index (χ4v) is 0.264. The van der Waals surface area contributed by atoms with E-state index in [1.54, 1.807) is 0 Å². The summed E-state index contributed by atoms with van der Waals surface area (Å²) in [5, 5.41) is 19.1. The Hall–Kier alpha value is 0.460. The normalized spacial score (nSPS) is 16.5. The van der Waals surface area contributed by atoms with Gasteiger partial charge in [0.2, 0.25) is 0 Å². The molecule has 0 bridgehead atoms. The zero-order chi connectivity index (χ0) is 5.86. The summed E-state index contributed by atoms with van der Waals surface area (Å²) in [5.74, 6) is 0. The predicted molar refractivity (Wildman–Crippen MR) is 34.2 cm³/mol. The molecule has 0 spiro atoms. The number of likely N-dealkylation sites (N-methyl/N-ethyl adjacent to an activating group) is 1. The molecule has 0 radical (unpaired) electrons. The van der Waals surface area contributed by atoms with Crippen LogP contribution in [0.1, 0.15) is 0 Å². The lowest BCUT2D eigenvalue weighted by atomic mass is 10.6. The number of hydrogen-bond acceptors (Lipinski definition) is 3. The van der Waals surface area contributed by atoms with Crippen molar-refractivity contribution in [2.75, 3.05) is 7.05 Å². The van der Waals surface area contributed by atoms with Crippen molar-refractivity contribution in [2.24, 2.45) is 0 Å². The molecule has 0 aromatic rings. The van der Waals surface area contributed by atoms with E-state index in [0.29, 0.717) is 0 Å². The number of aliphatic hydroxyl groups excluding tert-OH is 2.